The van der Waals surface area contributed by atoms with E-state index in [0.29, 0.717) is 50.1 Å². The molecule has 1 aliphatic heterocycles. The normalized spacial score (nSPS) is 12.1. The highest BCUT2D eigenvalue weighted by atomic mass is 32.2. The molecule has 0 spiro atoms. The summed E-state index contributed by atoms with van der Waals surface area (Å²) in [5, 5.41) is 3.52. The minimum atomic E-state index is -0.311. The van der Waals surface area contributed by atoms with Crippen LogP contribution in [0.4, 0.5) is 0 Å². The maximum absolute atomic E-state index is 13.7. The van der Waals surface area contributed by atoms with Crippen molar-refractivity contribution in [3.05, 3.63) is 82.1 Å². The molecular formula is C28H25N3O6S. The number of methoxy groups -OCH3 is 1. The van der Waals surface area contributed by atoms with Crippen LogP contribution in [-0.2, 0) is 0 Å². The summed E-state index contributed by atoms with van der Waals surface area (Å²) in [4.78, 5) is 44.0. The average Bonchev–Trinajstić information content (AvgIpc) is 3.39. The van der Waals surface area contributed by atoms with E-state index in [0.717, 1.165) is 11.8 Å². The zero-order valence-electron chi connectivity index (χ0n) is 21.0. The number of hydrogen-bond acceptors (Lipinski definition) is 8. The number of amides is 1. The minimum absolute atomic E-state index is 0.0290. The number of benzene rings is 3. The quantitative estimate of drug-likeness (QED) is 0.204. The lowest BCUT2D eigenvalue weighted by Crippen LogP contribution is -2.30. The van der Waals surface area contributed by atoms with E-state index in [2.05, 4.69) is 5.32 Å². The Morgan fingerprint density at radius 1 is 1.03 bits per heavy atom. The van der Waals surface area contributed by atoms with Gasteiger partial charge in [0.25, 0.3) is 11.5 Å². The minimum Gasteiger partial charge on any atom is -0.497 e. The van der Waals surface area contributed by atoms with Crippen molar-refractivity contribution in [2.75, 3.05) is 19.7 Å². The number of carbonyl (C=O) groups is 2. The van der Waals surface area contributed by atoms with E-state index < -0.39 is 0 Å². The maximum Gasteiger partial charge on any atom is 0.266 e. The highest BCUT2D eigenvalue weighted by Gasteiger charge is 2.19. The largest absolute Gasteiger partial charge is 0.497 e. The molecule has 4 aromatic rings. The van der Waals surface area contributed by atoms with Gasteiger partial charge < -0.3 is 19.5 Å². The Balaban J connectivity index is 1.53. The van der Waals surface area contributed by atoms with Gasteiger partial charge in [0.1, 0.15) is 5.75 Å². The number of fused-ring (bicyclic) bond motifs is 2. The first-order valence-electron chi connectivity index (χ1n) is 11.9. The van der Waals surface area contributed by atoms with Crippen molar-refractivity contribution >= 4 is 34.4 Å². The molecular weight excluding hydrogens is 506 g/mol. The van der Waals surface area contributed by atoms with Crippen LogP contribution in [0.25, 0.3) is 16.6 Å². The van der Waals surface area contributed by atoms with Crippen molar-refractivity contribution < 1.29 is 23.8 Å². The molecule has 9 nitrogen and oxygen atoms in total. The fourth-order valence-corrected chi connectivity index (χ4v) is 4.90. The Hall–Kier alpha value is -4.31. The standard InChI is InChI=1S/C28H25N3O6S/c1-16(2)29-26(33)18-4-10-21-22(12-18)30-28(31(27(21)34)19-6-8-20(35-3)9-7-19)38-14-23(32)17-5-11-24-25(13-17)37-15-36-24/h4-13,16H,14-15H2,1-3H3,(H,29,33). The van der Waals surface area contributed by atoms with Gasteiger partial charge in [0, 0.05) is 17.2 Å². The number of nitrogens with one attached hydrogen (secondary N) is 1. The van der Waals surface area contributed by atoms with Gasteiger partial charge in [-0.15, -0.1) is 0 Å². The molecule has 3 aromatic carbocycles. The molecule has 0 radical (unpaired) electrons. The van der Waals surface area contributed by atoms with Crippen LogP contribution in [0.2, 0.25) is 0 Å². The van der Waals surface area contributed by atoms with E-state index >= 15 is 0 Å². The third-order valence-electron chi connectivity index (χ3n) is 5.88. The predicted octanol–water partition coefficient (Wildman–Crippen LogP) is 4.24. The van der Waals surface area contributed by atoms with Crippen molar-refractivity contribution in [2.24, 2.45) is 0 Å². The molecule has 194 valence electrons. The van der Waals surface area contributed by atoms with Crippen LogP contribution in [0, 0.1) is 0 Å². The van der Waals surface area contributed by atoms with Gasteiger partial charge in [-0.1, -0.05) is 11.8 Å². The summed E-state index contributed by atoms with van der Waals surface area (Å²) in [5.41, 5.74) is 1.49. The van der Waals surface area contributed by atoms with Crippen LogP contribution < -0.4 is 25.1 Å². The van der Waals surface area contributed by atoms with Crippen molar-refractivity contribution in [3.63, 3.8) is 0 Å². The molecule has 1 aliphatic rings. The maximum atomic E-state index is 13.7. The van der Waals surface area contributed by atoms with Gasteiger partial charge in [-0.3, -0.25) is 19.0 Å². The molecule has 1 amide bonds. The molecule has 0 saturated carbocycles. The summed E-state index contributed by atoms with van der Waals surface area (Å²) in [6.07, 6.45) is 0. The molecule has 0 bridgehead atoms. The number of hydrogen-bond donors (Lipinski definition) is 1. The van der Waals surface area contributed by atoms with E-state index in [4.69, 9.17) is 19.2 Å². The van der Waals surface area contributed by atoms with Gasteiger partial charge in [-0.2, -0.15) is 0 Å². The first kappa shape index (κ1) is 25.3. The molecule has 0 fully saturated rings. The second-order valence-corrected chi connectivity index (χ2v) is 9.82. The molecule has 10 heteroatoms. The monoisotopic (exact) mass is 531 g/mol. The van der Waals surface area contributed by atoms with Gasteiger partial charge in [-0.05, 0) is 74.5 Å². The van der Waals surface area contributed by atoms with E-state index in [-0.39, 0.29) is 35.8 Å². The summed E-state index contributed by atoms with van der Waals surface area (Å²) in [7, 11) is 1.56. The number of nitrogens with zero attached hydrogens (tertiary/aromatic N) is 2. The Bertz CT molecular complexity index is 1600. The number of ketones is 1. The SMILES string of the molecule is COc1ccc(-n2c(SCC(=O)c3ccc4c(c3)OCO4)nc3cc(C(=O)NC(C)C)ccc3c2=O)cc1. The van der Waals surface area contributed by atoms with E-state index in [9.17, 15) is 14.4 Å². The van der Waals surface area contributed by atoms with Gasteiger partial charge in [-0.25, -0.2) is 4.98 Å². The molecule has 38 heavy (non-hydrogen) atoms. The lowest BCUT2D eigenvalue weighted by atomic mass is 10.1. The molecule has 2 heterocycles. The first-order chi connectivity index (χ1) is 18.3. The van der Waals surface area contributed by atoms with Gasteiger partial charge in [0.2, 0.25) is 6.79 Å². The Labute approximate surface area is 222 Å². The molecule has 0 aliphatic carbocycles. The average molecular weight is 532 g/mol. The number of thioether (sulfide) groups is 1. The number of carbonyl (C=O) groups excluding carboxylic acids is 2. The molecule has 0 saturated heterocycles. The van der Waals surface area contributed by atoms with Crippen LogP contribution in [0.3, 0.4) is 0 Å². The van der Waals surface area contributed by atoms with E-state index in [1.54, 1.807) is 67.8 Å². The van der Waals surface area contributed by atoms with E-state index in [1.165, 1.54) is 4.57 Å². The highest BCUT2D eigenvalue weighted by Crippen LogP contribution is 2.33. The molecule has 5 rings (SSSR count). The van der Waals surface area contributed by atoms with Crippen LogP contribution in [0.5, 0.6) is 17.2 Å². The number of rotatable bonds is 8. The third-order valence-corrected chi connectivity index (χ3v) is 6.82. The lowest BCUT2D eigenvalue weighted by Gasteiger charge is -2.14. The van der Waals surface area contributed by atoms with Crippen molar-refractivity contribution in [1.29, 1.82) is 0 Å². The van der Waals surface area contributed by atoms with Crippen LogP contribution in [-0.4, -0.2) is 46.9 Å². The smallest absolute Gasteiger partial charge is 0.266 e. The Kier molecular flexibility index (Phi) is 7.06. The second kappa shape index (κ2) is 10.6. The molecule has 1 aromatic heterocycles. The fraction of sp³-hybridized carbons (Fsp3) is 0.214. The van der Waals surface area contributed by atoms with Gasteiger partial charge in [0.15, 0.2) is 22.4 Å². The first-order valence-corrected chi connectivity index (χ1v) is 12.9. The fourth-order valence-electron chi connectivity index (χ4n) is 3.99. The van der Waals surface area contributed by atoms with Crippen LogP contribution >= 0.6 is 11.8 Å². The zero-order chi connectivity index (χ0) is 26.8. The number of Topliss-reactive ketones (excluding diaryl/α,β-unsaturated/α-hetero) is 1. The third kappa shape index (κ3) is 5.08. The highest BCUT2D eigenvalue weighted by molar-refractivity contribution is 7.99. The summed E-state index contributed by atoms with van der Waals surface area (Å²) >= 11 is 1.14. The summed E-state index contributed by atoms with van der Waals surface area (Å²) in [6, 6.07) is 16.8. The Morgan fingerprint density at radius 2 is 1.76 bits per heavy atom. The molecule has 0 unspecified atom stereocenters. The van der Waals surface area contributed by atoms with Gasteiger partial charge in [0.05, 0.1) is 29.5 Å². The number of aromatic nitrogens is 2. The summed E-state index contributed by atoms with van der Waals surface area (Å²) in [6.45, 7) is 3.86. The van der Waals surface area contributed by atoms with Crippen molar-refractivity contribution in [1.82, 2.24) is 14.9 Å². The molecule has 0 atom stereocenters. The van der Waals surface area contributed by atoms with E-state index in [1.807, 2.05) is 13.8 Å². The molecule has 1 N–H and O–H groups in total. The zero-order valence-corrected chi connectivity index (χ0v) is 21.8. The Morgan fingerprint density at radius 3 is 2.50 bits per heavy atom. The van der Waals surface area contributed by atoms with Crippen molar-refractivity contribution in [2.45, 2.75) is 25.0 Å². The number of ether oxygens (including phenoxy) is 3. The van der Waals surface area contributed by atoms with Crippen LogP contribution in [0.15, 0.2) is 70.6 Å². The second-order valence-electron chi connectivity index (χ2n) is 8.87. The van der Waals surface area contributed by atoms with Gasteiger partial charge >= 0.3 is 0 Å². The summed E-state index contributed by atoms with van der Waals surface area (Å²) < 4.78 is 17.4. The van der Waals surface area contributed by atoms with Crippen LogP contribution in [0.1, 0.15) is 34.6 Å². The summed E-state index contributed by atoms with van der Waals surface area (Å²) in [5.74, 6) is 1.37. The topological polar surface area (TPSA) is 109 Å². The van der Waals surface area contributed by atoms with Crippen molar-refractivity contribution in [3.8, 4) is 22.9 Å². The predicted molar refractivity (Wildman–Crippen MR) is 144 cm³/mol. The lowest BCUT2D eigenvalue weighted by molar-refractivity contribution is 0.0942.